The fourth-order valence-corrected chi connectivity index (χ4v) is 4.24. The maximum absolute atomic E-state index is 12.8. The number of hydrogen-bond acceptors (Lipinski definition) is 7. The van der Waals surface area contributed by atoms with Gasteiger partial charge in [0.25, 0.3) is 11.8 Å². The molecule has 0 saturated carbocycles. The number of hydrogen-bond donors (Lipinski definition) is 0. The third-order valence-electron chi connectivity index (χ3n) is 6.04. The highest BCUT2D eigenvalue weighted by molar-refractivity contribution is 6.21. The molecule has 1 aromatic heterocycles. The smallest absolute Gasteiger partial charge is 0.261 e. The average Bonchev–Trinajstić information content (AvgIpc) is 3.42. The van der Waals surface area contributed by atoms with Crippen molar-refractivity contribution in [1.29, 1.82) is 0 Å². The maximum Gasteiger partial charge on any atom is 0.261 e. The van der Waals surface area contributed by atoms with E-state index in [0.717, 1.165) is 11.3 Å². The summed E-state index contributed by atoms with van der Waals surface area (Å²) in [6.07, 6.45) is 0.103. The lowest BCUT2D eigenvalue weighted by Crippen LogP contribution is -2.50. The predicted octanol–water partition coefficient (Wildman–Crippen LogP) is 1.31. The fraction of sp³-hybridized carbons (Fsp3) is 0.304. The SMILES string of the molecule is Cc1ccc2c(c1)C(=O)N(CCC(=O)N1CCN(c3nnnn3-c3ccccc3)CC1)C2=O. The molecule has 2 aromatic carbocycles. The Bertz CT molecular complexity index is 1220. The predicted molar refractivity (Wildman–Crippen MR) is 119 cm³/mol. The number of carbonyl (C=O) groups excluding carboxylic acids is 3. The van der Waals surface area contributed by atoms with Gasteiger partial charge in [0.15, 0.2) is 0 Å². The molecule has 10 heteroatoms. The first-order valence-electron chi connectivity index (χ1n) is 10.9. The molecule has 1 saturated heterocycles. The van der Waals surface area contributed by atoms with Crippen LogP contribution in [0.1, 0.15) is 32.7 Å². The van der Waals surface area contributed by atoms with Crippen LogP contribution < -0.4 is 4.90 Å². The van der Waals surface area contributed by atoms with Gasteiger partial charge in [0.05, 0.1) is 16.8 Å². The van der Waals surface area contributed by atoms with Gasteiger partial charge < -0.3 is 9.80 Å². The summed E-state index contributed by atoms with van der Waals surface area (Å²) in [5.74, 6) is -0.107. The summed E-state index contributed by atoms with van der Waals surface area (Å²) in [5.41, 5.74) is 2.61. The minimum Gasteiger partial charge on any atom is -0.339 e. The molecule has 5 rings (SSSR count). The van der Waals surface area contributed by atoms with Gasteiger partial charge in [-0.2, -0.15) is 4.68 Å². The van der Waals surface area contributed by atoms with Crippen molar-refractivity contribution in [1.82, 2.24) is 30.0 Å². The molecule has 168 valence electrons. The third-order valence-corrected chi connectivity index (χ3v) is 6.04. The van der Waals surface area contributed by atoms with Crippen LogP contribution in [0.2, 0.25) is 0 Å². The monoisotopic (exact) mass is 445 g/mol. The van der Waals surface area contributed by atoms with Crippen LogP contribution in [0.3, 0.4) is 0 Å². The number of anilines is 1. The molecule has 0 aliphatic carbocycles. The van der Waals surface area contributed by atoms with Crippen LogP contribution in [0.5, 0.6) is 0 Å². The standard InChI is InChI=1S/C23H23N7O3/c1-16-7-8-18-19(15-16)22(33)29(21(18)32)10-9-20(31)27-11-13-28(14-12-27)23-24-25-26-30(23)17-5-3-2-4-6-17/h2-8,15H,9-14H2,1H3. The molecule has 0 unspecified atom stereocenters. The van der Waals surface area contributed by atoms with Crippen molar-refractivity contribution < 1.29 is 14.4 Å². The van der Waals surface area contributed by atoms with E-state index in [1.807, 2.05) is 48.2 Å². The number of aromatic nitrogens is 4. The number of para-hydroxylation sites is 1. The Kier molecular flexibility index (Phi) is 5.33. The number of piperazine rings is 1. The lowest BCUT2D eigenvalue weighted by molar-refractivity contribution is -0.131. The molecule has 0 spiro atoms. The number of imide groups is 1. The largest absolute Gasteiger partial charge is 0.339 e. The summed E-state index contributed by atoms with van der Waals surface area (Å²) in [6, 6.07) is 14.8. The van der Waals surface area contributed by atoms with Crippen LogP contribution in [0.25, 0.3) is 5.69 Å². The highest BCUT2D eigenvalue weighted by Crippen LogP contribution is 2.24. The minimum atomic E-state index is -0.333. The van der Waals surface area contributed by atoms with Gasteiger partial charge in [-0.05, 0) is 41.6 Å². The molecule has 0 atom stereocenters. The van der Waals surface area contributed by atoms with Gasteiger partial charge in [-0.1, -0.05) is 34.9 Å². The topological polar surface area (TPSA) is 105 Å². The van der Waals surface area contributed by atoms with E-state index < -0.39 is 0 Å². The van der Waals surface area contributed by atoms with Crippen LogP contribution in [-0.2, 0) is 4.79 Å². The zero-order valence-electron chi connectivity index (χ0n) is 18.2. The van der Waals surface area contributed by atoms with Crippen LogP contribution in [0.15, 0.2) is 48.5 Å². The van der Waals surface area contributed by atoms with Gasteiger partial charge in [-0.15, -0.1) is 0 Å². The van der Waals surface area contributed by atoms with Crippen molar-refractivity contribution in [3.05, 3.63) is 65.2 Å². The zero-order valence-corrected chi connectivity index (χ0v) is 18.2. The number of fused-ring (bicyclic) bond motifs is 1. The van der Waals surface area contributed by atoms with Gasteiger partial charge in [-0.3, -0.25) is 19.3 Å². The van der Waals surface area contributed by atoms with Gasteiger partial charge in [0.1, 0.15) is 0 Å². The van der Waals surface area contributed by atoms with Gasteiger partial charge in [0, 0.05) is 39.1 Å². The first-order valence-corrected chi connectivity index (χ1v) is 10.9. The molecule has 33 heavy (non-hydrogen) atoms. The molecule has 3 heterocycles. The van der Waals surface area contributed by atoms with Crippen molar-refractivity contribution >= 4 is 23.7 Å². The summed E-state index contributed by atoms with van der Waals surface area (Å²) < 4.78 is 1.68. The molecule has 2 aliphatic heterocycles. The summed E-state index contributed by atoms with van der Waals surface area (Å²) in [6.45, 7) is 4.17. The Labute approximate surface area is 190 Å². The van der Waals surface area contributed by atoms with E-state index in [1.54, 1.807) is 21.7 Å². The lowest BCUT2D eigenvalue weighted by Gasteiger charge is -2.35. The molecule has 1 fully saturated rings. The number of benzene rings is 2. The second-order valence-electron chi connectivity index (χ2n) is 8.16. The fourth-order valence-electron chi connectivity index (χ4n) is 4.24. The van der Waals surface area contributed by atoms with E-state index in [1.165, 1.54) is 4.90 Å². The molecule has 3 amide bonds. The number of tetrazole rings is 1. The number of aryl methyl sites for hydroxylation is 1. The van der Waals surface area contributed by atoms with Crippen molar-refractivity contribution in [3.8, 4) is 5.69 Å². The van der Waals surface area contributed by atoms with E-state index in [-0.39, 0.29) is 30.7 Å². The summed E-state index contributed by atoms with van der Waals surface area (Å²) >= 11 is 0. The summed E-state index contributed by atoms with van der Waals surface area (Å²) in [4.78, 5) is 43.0. The van der Waals surface area contributed by atoms with Gasteiger partial charge >= 0.3 is 0 Å². The second kappa shape index (κ2) is 8.45. The van der Waals surface area contributed by atoms with E-state index in [4.69, 9.17) is 0 Å². The van der Waals surface area contributed by atoms with Crippen molar-refractivity contribution in [2.45, 2.75) is 13.3 Å². The minimum absolute atomic E-state index is 0.0787. The zero-order chi connectivity index (χ0) is 22.9. The maximum atomic E-state index is 12.8. The van der Waals surface area contributed by atoms with Crippen molar-refractivity contribution in [2.24, 2.45) is 0 Å². The molecule has 2 aliphatic rings. The van der Waals surface area contributed by atoms with Crippen molar-refractivity contribution in [3.63, 3.8) is 0 Å². The molecule has 0 radical (unpaired) electrons. The van der Waals surface area contributed by atoms with Crippen molar-refractivity contribution in [2.75, 3.05) is 37.6 Å². The highest BCUT2D eigenvalue weighted by atomic mass is 16.2. The third kappa shape index (κ3) is 3.84. The number of amides is 3. The van der Waals surface area contributed by atoms with Crippen LogP contribution in [0, 0.1) is 6.92 Å². The Morgan fingerprint density at radius 3 is 2.42 bits per heavy atom. The van der Waals surface area contributed by atoms with E-state index in [9.17, 15) is 14.4 Å². The Morgan fingerprint density at radius 2 is 1.67 bits per heavy atom. The average molecular weight is 445 g/mol. The number of rotatable bonds is 5. The molecular formula is C23H23N7O3. The normalized spacial score (nSPS) is 15.8. The van der Waals surface area contributed by atoms with E-state index in [0.29, 0.717) is 43.3 Å². The molecule has 10 nitrogen and oxygen atoms in total. The second-order valence-corrected chi connectivity index (χ2v) is 8.16. The van der Waals surface area contributed by atoms with Gasteiger partial charge in [0.2, 0.25) is 11.9 Å². The molecule has 0 bridgehead atoms. The number of nitrogens with zero attached hydrogens (tertiary/aromatic N) is 7. The lowest BCUT2D eigenvalue weighted by atomic mass is 10.1. The quantitative estimate of drug-likeness (QED) is 0.545. The van der Waals surface area contributed by atoms with Gasteiger partial charge in [-0.25, -0.2) is 0 Å². The Hall–Kier alpha value is -4.08. The summed E-state index contributed by atoms with van der Waals surface area (Å²) in [5, 5.41) is 12.1. The van der Waals surface area contributed by atoms with E-state index >= 15 is 0 Å². The molecule has 0 N–H and O–H groups in total. The van der Waals surface area contributed by atoms with Crippen LogP contribution in [0.4, 0.5) is 5.95 Å². The highest BCUT2D eigenvalue weighted by Gasteiger charge is 2.36. The molecular weight excluding hydrogens is 422 g/mol. The van der Waals surface area contributed by atoms with Crippen LogP contribution in [-0.4, -0.2) is 80.5 Å². The Morgan fingerprint density at radius 1 is 0.939 bits per heavy atom. The summed E-state index contributed by atoms with van der Waals surface area (Å²) in [7, 11) is 0. The molecule has 3 aromatic rings. The number of carbonyl (C=O) groups is 3. The van der Waals surface area contributed by atoms with Crippen LogP contribution >= 0.6 is 0 Å². The van der Waals surface area contributed by atoms with E-state index in [2.05, 4.69) is 15.5 Å². The Balaban J connectivity index is 1.18. The first kappa shape index (κ1) is 20.8. The first-order chi connectivity index (χ1) is 16.0.